The van der Waals surface area contributed by atoms with E-state index in [1.54, 1.807) is 24.3 Å². The molecule has 1 saturated heterocycles. The van der Waals surface area contributed by atoms with Crippen LogP contribution in [0.2, 0.25) is 0 Å². The molecule has 1 aromatic carbocycles. The summed E-state index contributed by atoms with van der Waals surface area (Å²) in [6.45, 7) is 2.15. The number of ether oxygens (including phenoxy) is 2. The van der Waals surface area contributed by atoms with Gasteiger partial charge >= 0.3 is 10.1 Å². The Morgan fingerprint density at radius 2 is 1.77 bits per heavy atom. The number of epoxide rings is 1. The number of benzene rings is 1. The second kappa shape index (κ2) is 7.44. The van der Waals surface area contributed by atoms with Crippen LogP contribution >= 0.6 is 0 Å². The fraction of sp³-hybridized carbons (Fsp3) is 0.625. The molecule has 2 atom stereocenters. The standard InChI is InChI=1S/C16H24O5S/c1-2-3-4-5-6-10-13-16(22(17,18)19)15(21-16)20-14-11-8-7-9-12-14/h7-9,11-12,15H,2-6,10,13H2,1H3,(H,17,18,19). The molecule has 1 aliphatic heterocycles. The molecule has 0 spiro atoms. The van der Waals surface area contributed by atoms with Gasteiger partial charge in [0.2, 0.25) is 6.29 Å². The summed E-state index contributed by atoms with van der Waals surface area (Å²) in [6, 6.07) is 8.87. The molecule has 0 amide bonds. The van der Waals surface area contributed by atoms with Crippen molar-refractivity contribution in [3.05, 3.63) is 30.3 Å². The van der Waals surface area contributed by atoms with Gasteiger partial charge in [-0.3, -0.25) is 4.55 Å². The fourth-order valence-electron chi connectivity index (χ4n) is 2.52. The summed E-state index contributed by atoms with van der Waals surface area (Å²) >= 11 is 0. The Balaban J connectivity index is 1.86. The molecule has 1 heterocycles. The van der Waals surface area contributed by atoms with E-state index in [0.717, 1.165) is 19.3 Å². The van der Waals surface area contributed by atoms with Gasteiger partial charge in [-0.2, -0.15) is 8.42 Å². The number of rotatable bonds is 10. The SMILES string of the molecule is CCCCCCCCC1(S(=O)(=O)O)OC1Oc1ccccc1. The second-order valence-electron chi connectivity index (χ2n) is 5.69. The Labute approximate surface area is 132 Å². The first-order chi connectivity index (χ1) is 10.5. The van der Waals surface area contributed by atoms with Gasteiger partial charge in [0, 0.05) is 0 Å². The molecule has 0 bridgehead atoms. The molecule has 1 aliphatic rings. The van der Waals surface area contributed by atoms with Crippen molar-refractivity contribution in [1.82, 2.24) is 0 Å². The molecule has 0 aromatic heterocycles. The van der Waals surface area contributed by atoms with Gasteiger partial charge < -0.3 is 9.47 Å². The van der Waals surface area contributed by atoms with Crippen molar-refractivity contribution in [3.63, 3.8) is 0 Å². The second-order valence-corrected chi connectivity index (χ2v) is 7.33. The predicted molar refractivity (Wildman–Crippen MR) is 84.2 cm³/mol. The first-order valence-corrected chi connectivity index (χ1v) is 9.30. The third-order valence-corrected chi connectivity index (χ3v) is 5.28. The van der Waals surface area contributed by atoms with Gasteiger partial charge in [-0.05, 0) is 25.0 Å². The maximum Gasteiger partial charge on any atom is 0.301 e. The van der Waals surface area contributed by atoms with Crippen molar-refractivity contribution < 1.29 is 22.4 Å². The highest BCUT2D eigenvalue weighted by Gasteiger charge is 2.68. The molecule has 2 unspecified atom stereocenters. The third-order valence-electron chi connectivity index (χ3n) is 3.91. The summed E-state index contributed by atoms with van der Waals surface area (Å²) in [6.07, 6.45) is 5.54. The van der Waals surface area contributed by atoms with Crippen LogP contribution in [0.3, 0.4) is 0 Å². The Hall–Kier alpha value is -1.11. The number of para-hydroxylation sites is 1. The highest BCUT2D eigenvalue weighted by molar-refractivity contribution is 7.87. The Kier molecular flexibility index (Phi) is 5.83. The van der Waals surface area contributed by atoms with Crippen molar-refractivity contribution in [1.29, 1.82) is 0 Å². The molecular weight excluding hydrogens is 304 g/mol. The minimum atomic E-state index is -4.31. The van der Waals surface area contributed by atoms with Gasteiger partial charge in [0.05, 0.1) is 0 Å². The molecule has 0 radical (unpaired) electrons. The van der Waals surface area contributed by atoms with Gasteiger partial charge in [0.25, 0.3) is 4.93 Å². The van der Waals surface area contributed by atoms with Gasteiger partial charge in [-0.25, -0.2) is 0 Å². The molecule has 1 N–H and O–H groups in total. The zero-order chi connectivity index (χ0) is 16.1. The van der Waals surface area contributed by atoms with E-state index in [1.165, 1.54) is 12.8 Å². The number of hydrogen-bond acceptors (Lipinski definition) is 4. The van der Waals surface area contributed by atoms with Crippen molar-refractivity contribution in [2.45, 2.75) is 63.1 Å². The summed E-state index contributed by atoms with van der Waals surface area (Å²) in [5.74, 6) is 0.529. The van der Waals surface area contributed by atoms with Crippen molar-refractivity contribution in [3.8, 4) is 5.75 Å². The highest BCUT2D eigenvalue weighted by atomic mass is 32.2. The summed E-state index contributed by atoms with van der Waals surface area (Å²) in [5.41, 5.74) is 0. The van der Waals surface area contributed by atoms with E-state index in [9.17, 15) is 13.0 Å². The summed E-state index contributed by atoms with van der Waals surface area (Å²) in [5, 5.41) is 0. The van der Waals surface area contributed by atoms with Gasteiger partial charge in [-0.1, -0.05) is 57.2 Å². The minimum absolute atomic E-state index is 0.259. The van der Waals surface area contributed by atoms with Crippen molar-refractivity contribution >= 4 is 10.1 Å². The molecule has 1 fully saturated rings. The maximum atomic E-state index is 11.6. The number of unbranched alkanes of at least 4 members (excludes halogenated alkanes) is 5. The van der Waals surface area contributed by atoms with Crippen LogP contribution in [0.4, 0.5) is 0 Å². The molecule has 0 saturated carbocycles. The van der Waals surface area contributed by atoms with Gasteiger partial charge in [0.1, 0.15) is 5.75 Å². The largest absolute Gasteiger partial charge is 0.460 e. The van der Waals surface area contributed by atoms with Crippen LogP contribution in [0, 0.1) is 0 Å². The first kappa shape index (κ1) is 17.2. The molecule has 5 nitrogen and oxygen atoms in total. The Bertz CT molecular complexity index is 557. The molecule has 2 rings (SSSR count). The lowest BCUT2D eigenvalue weighted by Crippen LogP contribution is -2.29. The van der Waals surface area contributed by atoms with Crippen LogP contribution in [0.1, 0.15) is 51.9 Å². The minimum Gasteiger partial charge on any atom is -0.460 e. The normalized spacial score (nSPS) is 24.2. The van der Waals surface area contributed by atoms with E-state index in [2.05, 4.69) is 6.92 Å². The van der Waals surface area contributed by atoms with Gasteiger partial charge in [-0.15, -0.1) is 0 Å². The average molecular weight is 328 g/mol. The summed E-state index contributed by atoms with van der Waals surface area (Å²) in [4.78, 5) is -1.59. The highest BCUT2D eigenvalue weighted by Crippen LogP contribution is 2.46. The van der Waals surface area contributed by atoms with Crippen LogP contribution < -0.4 is 4.74 Å². The zero-order valence-electron chi connectivity index (χ0n) is 12.9. The molecule has 1 aromatic rings. The topological polar surface area (TPSA) is 76.1 Å². The maximum absolute atomic E-state index is 11.6. The lowest BCUT2D eigenvalue weighted by molar-refractivity contribution is 0.177. The Morgan fingerprint density at radius 3 is 2.41 bits per heavy atom. The van der Waals surface area contributed by atoms with E-state index in [1.807, 2.05) is 6.07 Å². The molecule has 0 aliphatic carbocycles. The van der Waals surface area contributed by atoms with Crippen molar-refractivity contribution in [2.75, 3.05) is 0 Å². The molecule has 22 heavy (non-hydrogen) atoms. The van der Waals surface area contributed by atoms with E-state index >= 15 is 0 Å². The van der Waals surface area contributed by atoms with Crippen molar-refractivity contribution in [2.24, 2.45) is 0 Å². The quantitative estimate of drug-likeness (QED) is 0.402. The lowest BCUT2D eigenvalue weighted by atomic mass is 10.1. The van der Waals surface area contributed by atoms with E-state index < -0.39 is 21.3 Å². The van der Waals surface area contributed by atoms with Crippen LogP contribution in [0.15, 0.2) is 30.3 Å². The summed E-state index contributed by atoms with van der Waals surface area (Å²) < 4.78 is 43.5. The van der Waals surface area contributed by atoms with Crippen LogP contribution in [-0.2, 0) is 14.9 Å². The first-order valence-electron chi connectivity index (χ1n) is 7.86. The monoisotopic (exact) mass is 328 g/mol. The number of hydrogen-bond donors (Lipinski definition) is 1. The zero-order valence-corrected chi connectivity index (χ0v) is 13.7. The average Bonchev–Trinajstić information content (AvgIpc) is 3.18. The molecular formula is C16H24O5S. The smallest absolute Gasteiger partial charge is 0.301 e. The van der Waals surface area contributed by atoms with E-state index in [4.69, 9.17) is 9.47 Å². The molecule has 124 valence electrons. The summed E-state index contributed by atoms with van der Waals surface area (Å²) in [7, 11) is -4.31. The fourth-order valence-corrected chi connectivity index (χ4v) is 3.43. The van der Waals surface area contributed by atoms with E-state index in [0.29, 0.717) is 12.2 Å². The predicted octanol–water partition coefficient (Wildman–Crippen LogP) is 3.76. The van der Waals surface area contributed by atoms with Crippen LogP contribution in [0.5, 0.6) is 5.75 Å². The Morgan fingerprint density at radius 1 is 1.14 bits per heavy atom. The van der Waals surface area contributed by atoms with Gasteiger partial charge in [0.15, 0.2) is 0 Å². The third kappa shape index (κ3) is 4.21. The lowest BCUT2D eigenvalue weighted by Gasteiger charge is -2.10. The van der Waals surface area contributed by atoms with E-state index in [-0.39, 0.29) is 6.42 Å². The van der Waals surface area contributed by atoms with Crippen LogP contribution in [0.25, 0.3) is 0 Å². The molecule has 6 heteroatoms. The van der Waals surface area contributed by atoms with Crippen LogP contribution in [-0.4, -0.2) is 24.2 Å².